The molecule has 1 aliphatic rings. The monoisotopic (exact) mass is 340 g/mol. The third-order valence-electron chi connectivity index (χ3n) is 4.34. The number of amides is 1. The zero-order valence-electron chi connectivity index (χ0n) is 14.0. The van der Waals surface area contributed by atoms with E-state index in [9.17, 15) is 4.79 Å². The first kappa shape index (κ1) is 19.8. The lowest BCUT2D eigenvalue weighted by Crippen LogP contribution is -2.55. The van der Waals surface area contributed by atoms with Gasteiger partial charge >= 0.3 is 0 Å². The molecule has 0 spiro atoms. The van der Waals surface area contributed by atoms with Crippen LogP contribution in [0.4, 0.5) is 0 Å². The van der Waals surface area contributed by atoms with Gasteiger partial charge in [0.05, 0.1) is 12.1 Å². The lowest BCUT2D eigenvalue weighted by molar-refractivity contribution is -0.127. The van der Waals surface area contributed by atoms with Crippen LogP contribution in [0, 0.1) is 6.92 Å². The Morgan fingerprint density at radius 1 is 1.17 bits per heavy atom. The summed E-state index contributed by atoms with van der Waals surface area (Å²) in [7, 11) is 0. The molecule has 0 saturated heterocycles. The standard InChI is InChI=1S/C18H28N2O2.ClH/c1-15-7-9-16(10-8-15)22-14-6-5-13-20-17(21)18(19)11-3-2-4-12-18;/h7-10H,2-6,11-14,19H2,1H3,(H,20,21);1H. The molecule has 1 aromatic rings. The van der Waals surface area contributed by atoms with Crippen molar-refractivity contribution in [3.63, 3.8) is 0 Å². The van der Waals surface area contributed by atoms with E-state index < -0.39 is 5.54 Å². The number of carbonyl (C=O) groups excluding carboxylic acids is 1. The average molecular weight is 341 g/mol. The number of aryl methyl sites for hydroxylation is 1. The fourth-order valence-electron chi connectivity index (χ4n) is 2.84. The second-order valence-corrected chi connectivity index (χ2v) is 6.34. The summed E-state index contributed by atoms with van der Waals surface area (Å²) in [6.45, 7) is 3.41. The Balaban J connectivity index is 0.00000264. The molecule has 0 aliphatic heterocycles. The molecule has 0 bridgehead atoms. The fraction of sp³-hybridized carbons (Fsp3) is 0.611. The van der Waals surface area contributed by atoms with E-state index in [1.54, 1.807) is 0 Å². The molecule has 2 rings (SSSR count). The summed E-state index contributed by atoms with van der Waals surface area (Å²) in [5, 5.41) is 2.98. The minimum absolute atomic E-state index is 0. The van der Waals surface area contributed by atoms with E-state index in [0.717, 1.165) is 44.3 Å². The highest BCUT2D eigenvalue weighted by Gasteiger charge is 2.34. The van der Waals surface area contributed by atoms with E-state index in [1.807, 2.05) is 24.3 Å². The number of nitrogens with two attached hydrogens (primary N) is 1. The largest absolute Gasteiger partial charge is 0.494 e. The molecule has 1 fully saturated rings. The highest BCUT2D eigenvalue weighted by molar-refractivity contribution is 5.86. The first-order valence-corrected chi connectivity index (χ1v) is 8.37. The number of unbranched alkanes of at least 4 members (excludes halogenated alkanes) is 1. The smallest absolute Gasteiger partial charge is 0.240 e. The third kappa shape index (κ3) is 6.40. The van der Waals surface area contributed by atoms with Crippen molar-refractivity contribution in [2.75, 3.05) is 13.2 Å². The van der Waals surface area contributed by atoms with Gasteiger partial charge in [0.15, 0.2) is 0 Å². The summed E-state index contributed by atoms with van der Waals surface area (Å²) in [5.74, 6) is 0.921. The Bertz CT molecular complexity index is 470. The van der Waals surface area contributed by atoms with Crippen molar-refractivity contribution in [3.8, 4) is 5.75 Å². The maximum Gasteiger partial charge on any atom is 0.240 e. The number of carbonyl (C=O) groups is 1. The zero-order chi connectivity index (χ0) is 15.8. The van der Waals surface area contributed by atoms with Crippen molar-refractivity contribution in [1.82, 2.24) is 5.32 Å². The number of rotatable bonds is 7. The normalized spacial score (nSPS) is 16.3. The molecule has 0 heterocycles. The van der Waals surface area contributed by atoms with Crippen LogP contribution in [0.2, 0.25) is 0 Å². The first-order chi connectivity index (χ1) is 10.6. The number of halogens is 1. The van der Waals surface area contributed by atoms with Gasteiger partial charge < -0.3 is 15.8 Å². The molecule has 5 heteroatoms. The molecule has 130 valence electrons. The van der Waals surface area contributed by atoms with Gasteiger partial charge in [0.1, 0.15) is 5.75 Å². The SMILES string of the molecule is Cc1ccc(OCCCCNC(=O)C2(N)CCCCC2)cc1.Cl. The molecule has 4 nitrogen and oxygen atoms in total. The van der Waals surface area contributed by atoms with Gasteiger partial charge in [0.2, 0.25) is 5.91 Å². The van der Waals surface area contributed by atoms with Crippen molar-refractivity contribution < 1.29 is 9.53 Å². The van der Waals surface area contributed by atoms with Crippen molar-refractivity contribution in [1.29, 1.82) is 0 Å². The molecular weight excluding hydrogens is 312 g/mol. The van der Waals surface area contributed by atoms with Crippen LogP contribution in [0.25, 0.3) is 0 Å². The van der Waals surface area contributed by atoms with Gasteiger partial charge in [-0.1, -0.05) is 37.0 Å². The van der Waals surface area contributed by atoms with Crippen molar-refractivity contribution in [2.45, 2.75) is 57.4 Å². The maximum absolute atomic E-state index is 12.1. The van der Waals surface area contributed by atoms with Crippen LogP contribution < -0.4 is 15.8 Å². The van der Waals surface area contributed by atoms with Crippen molar-refractivity contribution in [3.05, 3.63) is 29.8 Å². The predicted molar refractivity (Wildman–Crippen MR) is 96.2 cm³/mol. The number of hydrogen-bond donors (Lipinski definition) is 2. The van der Waals surface area contributed by atoms with Crippen molar-refractivity contribution >= 4 is 18.3 Å². The van der Waals surface area contributed by atoms with E-state index >= 15 is 0 Å². The molecule has 1 aliphatic carbocycles. The van der Waals surface area contributed by atoms with Crippen LogP contribution in [0.5, 0.6) is 5.75 Å². The summed E-state index contributed by atoms with van der Waals surface area (Å²) >= 11 is 0. The fourth-order valence-corrected chi connectivity index (χ4v) is 2.84. The van der Waals surface area contributed by atoms with Crippen LogP contribution in [-0.2, 0) is 4.79 Å². The molecule has 1 aromatic carbocycles. The highest BCUT2D eigenvalue weighted by atomic mass is 35.5. The lowest BCUT2D eigenvalue weighted by Gasteiger charge is -2.31. The van der Waals surface area contributed by atoms with Gasteiger partial charge in [-0.05, 0) is 44.7 Å². The maximum atomic E-state index is 12.1. The second-order valence-electron chi connectivity index (χ2n) is 6.34. The van der Waals surface area contributed by atoms with Gasteiger partial charge in [-0.15, -0.1) is 12.4 Å². The van der Waals surface area contributed by atoms with Gasteiger partial charge in [-0.25, -0.2) is 0 Å². The van der Waals surface area contributed by atoms with E-state index in [0.29, 0.717) is 13.2 Å². The Morgan fingerprint density at radius 2 is 1.83 bits per heavy atom. The van der Waals surface area contributed by atoms with Crippen molar-refractivity contribution in [2.24, 2.45) is 5.73 Å². The third-order valence-corrected chi connectivity index (χ3v) is 4.34. The van der Waals surface area contributed by atoms with E-state index in [4.69, 9.17) is 10.5 Å². The molecule has 3 N–H and O–H groups in total. The molecule has 1 saturated carbocycles. The molecule has 1 amide bonds. The van der Waals surface area contributed by atoms with Crippen LogP contribution >= 0.6 is 12.4 Å². The van der Waals surface area contributed by atoms with E-state index in [-0.39, 0.29) is 18.3 Å². The number of ether oxygens (including phenoxy) is 1. The summed E-state index contributed by atoms with van der Waals surface area (Å²) < 4.78 is 5.67. The van der Waals surface area contributed by atoms with Crippen LogP contribution in [0.15, 0.2) is 24.3 Å². The van der Waals surface area contributed by atoms with Gasteiger partial charge in [-0.3, -0.25) is 4.79 Å². The number of hydrogen-bond acceptors (Lipinski definition) is 3. The van der Waals surface area contributed by atoms with Crippen LogP contribution in [0.1, 0.15) is 50.5 Å². The quantitative estimate of drug-likeness (QED) is 0.748. The van der Waals surface area contributed by atoms with Gasteiger partial charge in [0.25, 0.3) is 0 Å². The highest BCUT2D eigenvalue weighted by Crippen LogP contribution is 2.25. The molecule has 0 radical (unpaired) electrons. The predicted octanol–water partition coefficient (Wildman–Crippen LogP) is 3.35. The number of benzene rings is 1. The topological polar surface area (TPSA) is 64.3 Å². The van der Waals surface area contributed by atoms with Crippen LogP contribution in [-0.4, -0.2) is 24.6 Å². The Hall–Kier alpha value is -1.26. The Morgan fingerprint density at radius 3 is 2.48 bits per heavy atom. The summed E-state index contributed by atoms with van der Waals surface area (Å²) in [6.07, 6.45) is 6.79. The van der Waals surface area contributed by atoms with Crippen LogP contribution in [0.3, 0.4) is 0 Å². The zero-order valence-corrected chi connectivity index (χ0v) is 14.8. The summed E-state index contributed by atoms with van der Waals surface area (Å²) in [6, 6.07) is 8.05. The Kier molecular flexibility index (Phi) is 8.42. The summed E-state index contributed by atoms with van der Waals surface area (Å²) in [5.41, 5.74) is 6.80. The Labute approximate surface area is 145 Å². The summed E-state index contributed by atoms with van der Waals surface area (Å²) in [4.78, 5) is 12.1. The molecule has 0 unspecified atom stereocenters. The molecular formula is C18H29ClN2O2. The average Bonchev–Trinajstić information content (AvgIpc) is 2.53. The lowest BCUT2D eigenvalue weighted by atomic mass is 9.82. The van der Waals surface area contributed by atoms with Gasteiger partial charge in [0, 0.05) is 6.54 Å². The van der Waals surface area contributed by atoms with Gasteiger partial charge in [-0.2, -0.15) is 0 Å². The molecule has 0 aromatic heterocycles. The molecule has 23 heavy (non-hydrogen) atoms. The minimum Gasteiger partial charge on any atom is -0.494 e. The van der Waals surface area contributed by atoms with E-state index in [2.05, 4.69) is 12.2 Å². The second kappa shape index (κ2) is 9.78. The minimum atomic E-state index is -0.628. The number of nitrogens with one attached hydrogen (secondary N) is 1. The molecule has 0 atom stereocenters. The first-order valence-electron chi connectivity index (χ1n) is 8.37. The van der Waals surface area contributed by atoms with E-state index in [1.165, 1.54) is 12.0 Å².